The average molecular weight is 258 g/mol. The zero-order chi connectivity index (χ0) is 14.2. The van der Waals surface area contributed by atoms with Gasteiger partial charge in [0.05, 0.1) is 0 Å². The van der Waals surface area contributed by atoms with Gasteiger partial charge in [0.2, 0.25) is 0 Å². The van der Waals surface area contributed by atoms with Crippen molar-refractivity contribution in [2.75, 3.05) is 0 Å². The zero-order valence-electron chi connectivity index (χ0n) is 11.9. The summed E-state index contributed by atoms with van der Waals surface area (Å²) in [5.41, 5.74) is -1.16. The summed E-state index contributed by atoms with van der Waals surface area (Å²) in [6.07, 6.45) is 3.49. The van der Waals surface area contributed by atoms with Crippen LogP contribution in [0.3, 0.4) is 0 Å². The Bertz CT molecular complexity index is 275. The van der Waals surface area contributed by atoms with Gasteiger partial charge in [0, 0.05) is 6.04 Å². The number of carbonyl (C=O) groups is 2. The predicted octanol–water partition coefficient (Wildman–Crippen LogP) is 2.51. The molecule has 0 rings (SSSR count). The molecular formula is C13H26N2O3. The highest BCUT2D eigenvalue weighted by molar-refractivity contribution is 5.86. The topological polar surface area (TPSA) is 78.4 Å². The lowest BCUT2D eigenvalue weighted by atomic mass is 9.93. The lowest BCUT2D eigenvalue weighted by Crippen LogP contribution is -2.57. The van der Waals surface area contributed by atoms with Crippen molar-refractivity contribution in [3.63, 3.8) is 0 Å². The number of urea groups is 1. The van der Waals surface area contributed by atoms with Crippen molar-refractivity contribution in [3.8, 4) is 0 Å². The second-order valence-electron chi connectivity index (χ2n) is 4.59. The molecule has 3 N–H and O–H groups in total. The third kappa shape index (κ3) is 4.55. The van der Waals surface area contributed by atoms with Crippen LogP contribution < -0.4 is 10.6 Å². The maximum absolute atomic E-state index is 11.8. The van der Waals surface area contributed by atoms with Gasteiger partial charge in [-0.3, -0.25) is 0 Å². The standard InChI is InChI=1S/C13H26N2O3/c1-5-9-10(6-2)14-12(18)15-13(7-3,8-4)11(16)17/h10H,5-9H2,1-4H3,(H,16,17)(H2,14,15,18). The Morgan fingerprint density at radius 3 is 2.06 bits per heavy atom. The molecule has 0 aromatic rings. The number of aliphatic carboxylic acids is 1. The molecule has 0 fully saturated rings. The van der Waals surface area contributed by atoms with Crippen LogP contribution in [0.5, 0.6) is 0 Å². The number of carboxylic acids is 1. The van der Waals surface area contributed by atoms with E-state index >= 15 is 0 Å². The van der Waals surface area contributed by atoms with Crippen LogP contribution in [0.15, 0.2) is 0 Å². The minimum absolute atomic E-state index is 0.107. The molecule has 1 atom stereocenters. The molecule has 1 unspecified atom stereocenters. The minimum Gasteiger partial charge on any atom is -0.480 e. The molecule has 0 heterocycles. The first kappa shape index (κ1) is 16.7. The quantitative estimate of drug-likeness (QED) is 0.626. The molecule has 0 saturated heterocycles. The number of hydrogen-bond acceptors (Lipinski definition) is 2. The first-order valence-corrected chi connectivity index (χ1v) is 6.77. The van der Waals surface area contributed by atoms with Crippen LogP contribution in [0.25, 0.3) is 0 Å². The van der Waals surface area contributed by atoms with E-state index in [9.17, 15) is 14.7 Å². The Labute approximate surface area is 109 Å². The Balaban J connectivity index is 4.56. The zero-order valence-corrected chi connectivity index (χ0v) is 11.9. The van der Waals surface area contributed by atoms with Crippen LogP contribution >= 0.6 is 0 Å². The van der Waals surface area contributed by atoms with E-state index in [4.69, 9.17) is 0 Å². The molecule has 106 valence electrons. The normalized spacial score (nSPS) is 12.9. The van der Waals surface area contributed by atoms with E-state index in [0.29, 0.717) is 12.8 Å². The fraction of sp³-hybridized carbons (Fsp3) is 0.846. The van der Waals surface area contributed by atoms with E-state index in [0.717, 1.165) is 19.3 Å². The lowest BCUT2D eigenvalue weighted by Gasteiger charge is -2.29. The highest BCUT2D eigenvalue weighted by atomic mass is 16.4. The minimum atomic E-state index is -1.16. The Hall–Kier alpha value is -1.26. The summed E-state index contributed by atoms with van der Waals surface area (Å²) in [5.74, 6) is -0.980. The lowest BCUT2D eigenvalue weighted by molar-refractivity contribution is -0.144. The van der Waals surface area contributed by atoms with E-state index in [1.165, 1.54) is 0 Å². The van der Waals surface area contributed by atoms with Gasteiger partial charge in [0.15, 0.2) is 0 Å². The van der Waals surface area contributed by atoms with Gasteiger partial charge in [-0.25, -0.2) is 9.59 Å². The largest absolute Gasteiger partial charge is 0.480 e. The molecule has 18 heavy (non-hydrogen) atoms. The number of carboxylic acid groups (broad SMARTS) is 1. The van der Waals surface area contributed by atoms with Gasteiger partial charge in [-0.2, -0.15) is 0 Å². The van der Waals surface area contributed by atoms with Crippen molar-refractivity contribution in [1.82, 2.24) is 10.6 Å². The summed E-state index contributed by atoms with van der Waals surface area (Å²) >= 11 is 0. The van der Waals surface area contributed by atoms with Crippen molar-refractivity contribution < 1.29 is 14.7 Å². The Morgan fingerprint density at radius 1 is 1.17 bits per heavy atom. The highest BCUT2D eigenvalue weighted by Crippen LogP contribution is 2.15. The molecule has 5 nitrogen and oxygen atoms in total. The van der Waals surface area contributed by atoms with E-state index < -0.39 is 11.5 Å². The first-order valence-electron chi connectivity index (χ1n) is 6.77. The molecule has 5 heteroatoms. The van der Waals surface area contributed by atoms with E-state index in [2.05, 4.69) is 17.6 Å². The van der Waals surface area contributed by atoms with Gasteiger partial charge in [0.1, 0.15) is 5.54 Å². The number of carbonyl (C=O) groups excluding carboxylic acids is 1. The average Bonchev–Trinajstić information content (AvgIpc) is 2.35. The third-order valence-electron chi connectivity index (χ3n) is 3.43. The fourth-order valence-corrected chi connectivity index (χ4v) is 1.95. The summed E-state index contributed by atoms with van der Waals surface area (Å²) in [6, 6.07) is -0.281. The second kappa shape index (κ2) is 7.95. The van der Waals surface area contributed by atoms with Crippen LogP contribution in [0.4, 0.5) is 4.79 Å². The summed E-state index contributed by atoms with van der Waals surface area (Å²) in [5, 5.41) is 14.7. The number of nitrogens with one attached hydrogen (secondary N) is 2. The van der Waals surface area contributed by atoms with Crippen LogP contribution in [0.2, 0.25) is 0 Å². The smallest absolute Gasteiger partial charge is 0.329 e. The summed E-state index contributed by atoms with van der Waals surface area (Å²) < 4.78 is 0. The number of rotatable bonds is 8. The molecular weight excluding hydrogens is 232 g/mol. The van der Waals surface area contributed by atoms with Crippen LogP contribution in [-0.4, -0.2) is 28.7 Å². The van der Waals surface area contributed by atoms with Gasteiger partial charge >= 0.3 is 12.0 Å². The van der Waals surface area contributed by atoms with Gasteiger partial charge < -0.3 is 15.7 Å². The summed E-state index contributed by atoms with van der Waals surface area (Å²) in [4.78, 5) is 23.1. The third-order valence-corrected chi connectivity index (χ3v) is 3.43. The van der Waals surface area contributed by atoms with Crippen molar-refractivity contribution in [2.24, 2.45) is 0 Å². The van der Waals surface area contributed by atoms with E-state index in [-0.39, 0.29) is 12.1 Å². The van der Waals surface area contributed by atoms with E-state index in [1.807, 2.05) is 6.92 Å². The van der Waals surface area contributed by atoms with Crippen LogP contribution in [-0.2, 0) is 4.79 Å². The van der Waals surface area contributed by atoms with Gasteiger partial charge in [-0.1, -0.05) is 34.1 Å². The Kier molecular flexibility index (Phi) is 7.39. The molecule has 0 saturated carbocycles. The molecule has 0 aromatic heterocycles. The SMILES string of the molecule is CCCC(CC)NC(=O)NC(CC)(CC)C(=O)O. The molecule has 0 aliphatic heterocycles. The molecule has 2 amide bonds. The van der Waals surface area contributed by atoms with E-state index in [1.54, 1.807) is 13.8 Å². The Morgan fingerprint density at radius 2 is 1.72 bits per heavy atom. The predicted molar refractivity (Wildman–Crippen MR) is 71.6 cm³/mol. The summed E-state index contributed by atoms with van der Waals surface area (Å²) in [7, 11) is 0. The van der Waals surface area contributed by atoms with Crippen molar-refractivity contribution >= 4 is 12.0 Å². The maximum atomic E-state index is 11.8. The molecule has 0 aromatic carbocycles. The summed E-state index contributed by atoms with van der Waals surface area (Å²) in [6.45, 7) is 7.59. The second-order valence-corrected chi connectivity index (χ2v) is 4.59. The molecule has 0 radical (unpaired) electrons. The molecule has 0 spiro atoms. The van der Waals surface area contributed by atoms with Crippen molar-refractivity contribution in [3.05, 3.63) is 0 Å². The maximum Gasteiger partial charge on any atom is 0.329 e. The van der Waals surface area contributed by atoms with Gasteiger partial charge in [-0.15, -0.1) is 0 Å². The van der Waals surface area contributed by atoms with Crippen molar-refractivity contribution in [2.45, 2.75) is 71.4 Å². The van der Waals surface area contributed by atoms with Crippen LogP contribution in [0, 0.1) is 0 Å². The van der Waals surface area contributed by atoms with Gasteiger partial charge in [-0.05, 0) is 25.7 Å². The molecule has 0 aliphatic rings. The fourth-order valence-electron chi connectivity index (χ4n) is 1.95. The van der Waals surface area contributed by atoms with Crippen molar-refractivity contribution in [1.29, 1.82) is 0 Å². The van der Waals surface area contributed by atoms with Gasteiger partial charge in [0.25, 0.3) is 0 Å². The monoisotopic (exact) mass is 258 g/mol. The number of hydrogen-bond donors (Lipinski definition) is 3. The van der Waals surface area contributed by atoms with Crippen LogP contribution in [0.1, 0.15) is 59.8 Å². The molecule has 0 aliphatic carbocycles. The first-order chi connectivity index (χ1) is 8.45. The molecule has 0 bridgehead atoms. The number of amides is 2. The highest BCUT2D eigenvalue weighted by Gasteiger charge is 2.36.